The van der Waals surface area contributed by atoms with Crippen LogP contribution in [-0.4, -0.2) is 11.9 Å². The summed E-state index contributed by atoms with van der Waals surface area (Å²) in [5, 5.41) is 3.95. The molecule has 3 heteroatoms. The van der Waals surface area contributed by atoms with Gasteiger partial charge in [-0.1, -0.05) is 40.9 Å². The molecule has 0 saturated heterocycles. The monoisotopic (exact) mass is 309 g/mol. The fourth-order valence-corrected chi connectivity index (χ4v) is 2.98. The molecule has 1 atom stereocenters. The molecule has 1 amide bonds. The van der Waals surface area contributed by atoms with E-state index in [1.807, 2.05) is 24.3 Å². The average Bonchev–Trinajstić information content (AvgIpc) is 2.92. The second-order valence-corrected chi connectivity index (χ2v) is 5.70. The Morgan fingerprint density at radius 2 is 1.94 bits per heavy atom. The number of carbonyl (C=O) groups is 1. The van der Waals surface area contributed by atoms with E-state index in [0.717, 1.165) is 10.9 Å². The van der Waals surface area contributed by atoms with Crippen molar-refractivity contribution in [2.24, 2.45) is 5.92 Å². The number of hydrogen-bond acceptors (Lipinski definition) is 1. The normalized spacial score (nSPS) is 17.7. The van der Waals surface area contributed by atoms with Crippen molar-refractivity contribution in [3.8, 4) is 0 Å². The summed E-state index contributed by atoms with van der Waals surface area (Å²) in [6.45, 7) is 2.13. The molecule has 0 radical (unpaired) electrons. The van der Waals surface area contributed by atoms with E-state index in [9.17, 15) is 4.79 Å². The Hall–Kier alpha value is -0.830. The van der Waals surface area contributed by atoms with Crippen LogP contribution >= 0.6 is 15.9 Å². The van der Waals surface area contributed by atoms with Crippen molar-refractivity contribution in [3.63, 3.8) is 0 Å². The lowest BCUT2D eigenvalue weighted by molar-refractivity contribution is 0.0927. The van der Waals surface area contributed by atoms with Crippen molar-refractivity contribution < 1.29 is 4.79 Å². The molecule has 0 heterocycles. The summed E-state index contributed by atoms with van der Waals surface area (Å²) >= 11 is 3.40. The van der Waals surface area contributed by atoms with Crippen LogP contribution in [0.15, 0.2) is 24.3 Å². The smallest absolute Gasteiger partial charge is 0.251 e. The molecule has 1 aromatic rings. The molecular formula is C15H20BrNO. The van der Waals surface area contributed by atoms with Gasteiger partial charge in [0.25, 0.3) is 5.91 Å². The van der Waals surface area contributed by atoms with Crippen LogP contribution < -0.4 is 5.32 Å². The van der Waals surface area contributed by atoms with Gasteiger partial charge in [0.1, 0.15) is 0 Å². The van der Waals surface area contributed by atoms with Gasteiger partial charge in [0, 0.05) is 16.9 Å². The molecule has 1 aliphatic rings. The van der Waals surface area contributed by atoms with Gasteiger partial charge in [0.2, 0.25) is 0 Å². The Bertz CT molecular complexity index is 395. The van der Waals surface area contributed by atoms with Gasteiger partial charge in [-0.3, -0.25) is 4.79 Å². The Kier molecular flexibility index (Phi) is 4.81. The maximum atomic E-state index is 12.1. The summed E-state index contributed by atoms with van der Waals surface area (Å²) in [7, 11) is 0. The topological polar surface area (TPSA) is 29.1 Å². The zero-order valence-corrected chi connectivity index (χ0v) is 12.4. The van der Waals surface area contributed by atoms with Crippen molar-refractivity contribution in [2.45, 2.75) is 44.0 Å². The molecule has 1 aliphatic carbocycles. The molecule has 2 nitrogen and oxygen atoms in total. The van der Waals surface area contributed by atoms with Gasteiger partial charge >= 0.3 is 0 Å². The third-order valence-corrected chi connectivity index (χ3v) is 4.48. The van der Waals surface area contributed by atoms with E-state index in [1.54, 1.807) is 0 Å². The average molecular weight is 310 g/mol. The van der Waals surface area contributed by atoms with Crippen molar-refractivity contribution in [3.05, 3.63) is 35.4 Å². The minimum Gasteiger partial charge on any atom is -0.349 e. The molecule has 0 spiro atoms. The van der Waals surface area contributed by atoms with E-state index >= 15 is 0 Å². The van der Waals surface area contributed by atoms with Crippen molar-refractivity contribution >= 4 is 21.8 Å². The van der Waals surface area contributed by atoms with Crippen molar-refractivity contribution in [2.75, 3.05) is 0 Å². The molecule has 18 heavy (non-hydrogen) atoms. The molecule has 0 aromatic heterocycles. The summed E-state index contributed by atoms with van der Waals surface area (Å²) in [6.07, 6.45) is 5.13. The summed E-state index contributed by atoms with van der Waals surface area (Å²) in [4.78, 5) is 12.1. The highest BCUT2D eigenvalue weighted by atomic mass is 79.9. The first-order valence-corrected chi connectivity index (χ1v) is 7.78. The Morgan fingerprint density at radius 3 is 2.50 bits per heavy atom. The SMILES string of the molecule is C[C@@H](NC(=O)c1ccc(CBr)cc1)C1CCCC1. The standard InChI is InChI=1S/C15H20BrNO/c1-11(13-4-2-3-5-13)17-15(18)14-8-6-12(10-16)7-9-14/h6-9,11,13H,2-5,10H2,1H3,(H,17,18)/t11-/m1/s1. The minimum atomic E-state index is 0.0514. The summed E-state index contributed by atoms with van der Waals surface area (Å²) in [5.41, 5.74) is 1.94. The lowest BCUT2D eigenvalue weighted by Crippen LogP contribution is -2.37. The van der Waals surface area contributed by atoms with Crippen LogP contribution in [0.3, 0.4) is 0 Å². The van der Waals surface area contributed by atoms with Gasteiger partial charge in [-0.2, -0.15) is 0 Å². The lowest BCUT2D eigenvalue weighted by Gasteiger charge is -2.20. The number of nitrogens with one attached hydrogen (secondary N) is 1. The van der Waals surface area contributed by atoms with Crippen LogP contribution in [0.5, 0.6) is 0 Å². The molecule has 1 N–H and O–H groups in total. The van der Waals surface area contributed by atoms with Gasteiger partial charge in [-0.15, -0.1) is 0 Å². The van der Waals surface area contributed by atoms with Crippen LogP contribution in [0.2, 0.25) is 0 Å². The maximum Gasteiger partial charge on any atom is 0.251 e. The van der Waals surface area contributed by atoms with Gasteiger partial charge in [-0.25, -0.2) is 0 Å². The van der Waals surface area contributed by atoms with E-state index in [-0.39, 0.29) is 11.9 Å². The first-order valence-electron chi connectivity index (χ1n) is 6.66. The maximum absolute atomic E-state index is 12.1. The molecule has 0 unspecified atom stereocenters. The van der Waals surface area contributed by atoms with E-state index in [2.05, 4.69) is 28.2 Å². The number of amides is 1. The second kappa shape index (κ2) is 6.37. The molecule has 0 bridgehead atoms. The van der Waals surface area contributed by atoms with Crippen molar-refractivity contribution in [1.29, 1.82) is 0 Å². The van der Waals surface area contributed by atoms with Crippen LogP contribution in [0, 0.1) is 5.92 Å². The third kappa shape index (κ3) is 3.35. The van der Waals surface area contributed by atoms with E-state index < -0.39 is 0 Å². The number of rotatable bonds is 4. The Morgan fingerprint density at radius 1 is 1.33 bits per heavy atom. The van der Waals surface area contributed by atoms with Crippen LogP contribution in [0.1, 0.15) is 48.5 Å². The van der Waals surface area contributed by atoms with E-state index in [0.29, 0.717) is 5.92 Å². The molecule has 98 valence electrons. The number of alkyl halides is 1. The molecule has 1 saturated carbocycles. The number of halogens is 1. The van der Waals surface area contributed by atoms with Gasteiger partial charge in [-0.05, 0) is 43.4 Å². The van der Waals surface area contributed by atoms with Gasteiger partial charge in [0.15, 0.2) is 0 Å². The molecular weight excluding hydrogens is 290 g/mol. The highest BCUT2D eigenvalue weighted by Crippen LogP contribution is 2.27. The number of carbonyl (C=O) groups excluding carboxylic acids is 1. The second-order valence-electron chi connectivity index (χ2n) is 5.14. The molecule has 2 rings (SSSR count). The Balaban J connectivity index is 1.93. The van der Waals surface area contributed by atoms with Crippen molar-refractivity contribution in [1.82, 2.24) is 5.32 Å². The fraction of sp³-hybridized carbons (Fsp3) is 0.533. The first-order chi connectivity index (χ1) is 8.70. The lowest BCUT2D eigenvalue weighted by atomic mass is 9.99. The van der Waals surface area contributed by atoms with E-state index in [1.165, 1.54) is 31.2 Å². The predicted octanol–water partition coefficient (Wildman–Crippen LogP) is 3.89. The van der Waals surface area contributed by atoms with Gasteiger partial charge in [0.05, 0.1) is 0 Å². The van der Waals surface area contributed by atoms with E-state index in [4.69, 9.17) is 0 Å². The predicted molar refractivity (Wildman–Crippen MR) is 78.0 cm³/mol. The zero-order valence-electron chi connectivity index (χ0n) is 10.8. The molecule has 1 aromatic carbocycles. The number of hydrogen-bond donors (Lipinski definition) is 1. The first kappa shape index (κ1) is 13.6. The highest BCUT2D eigenvalue weighted by Gasteiger charge is 2.22. The summed E-state index contributed by atoms with van der Waals surface area (Å²) < 4.78 is 0. The highest BCUT2D eigenvalue weighted by molar-refractivity contribution is 9.08. The minimum absolute atomic E-state index is 0.0514. The third-order valence-electron chi connectivity index (χ3n) is 3.84. The van der Waals surface area contributed by atoms with Crippen LogP contribution in [0.4, 0.5) is 0 Å². The summed E-state index contributed by atoms with van der Waals surface area (Å²) in [6, 6.07) is 8.06. The Labute approximate surface area is 117 Å². The molecule has 0 aliphatic heterocycles. The fourth-order valence-electron chi connectivity index (χ4n) is 2.61. The van der Waals surface area contributed by atoms with Gasteiger partial charge < -0.3 is 5.32 Å². The zero-order chi connectivity index (χ0) is 13.0. The number of benzene rings is 1. The van der Waals surface area contributed by atoms with Crippen LogP contribution in [-0.2, 0) is 5.33 Å². The molecule has 1 fully saturated rings. The quantitative estimate of drug-likeness (QED) is 0.840. The summed E-state index contributed by atoms with van der Waals surface area (Å²) in [5.74, 6) is 0.714. The van der Waals surface area contributed by atoms with Crippen LogP contribution in [0.25, 0.3) is 0 Å². The largest absolute Gasteiger partial charge is 0.349 e.